The molecule has 0 aliphatic carbocycles. The highest BCUT2D eigenvalue weighted by Crippen LogP contribution is 2.28. The minimum absolute atomic E-state index is 0.195. The number of aryl methyl sites for hydroxylation is 1. The van der Waals surface area contributed by atoms with Crippen LogP contribution in [-0.2, 0) is 12.7 Å². The fourth-order valence-electron chi connectivity index (χ4n) is 2.88. The molecule has 25 heavy (non-hydrogen) atoms. The SMILES string of the molecule is Cc1ccccc1CN1CCN(C(=O)c2cc(C(F)(F)F)[nH]n2)CC1. The van der Waals surface area contributed by atoms with Crippen molar-refractivity contribution < 1.29 is 18.0 Å². The van der Waals surface area contributed by atoms with Crippen molar-refractivity contribution >= 4 is 5.91 Å². The Hall–Kier alpha value is -2.35. The van der Waals surface area contributed by atoms with Gasteiger partial charge >= 0.3 is 6.18 Å². The van der Waals surface area contributed by atoms with Crippen LogP contribution in [0.15, 0.2) is 30.3 Å². The molecule has 134 valence electrons. The topological polar surface area (TPSA) is 52.2 Å². The molecule has 1 aromatic carbocycles. The van der Waals surface area contributed by atoms with Crippen LogP contribution in [0.3, 0.4) is 0 Å². The predicted molar refractivity (Wildman–Crippen MR) is 85.9 cm³/mol. The Morgan fingerprint density at radius 1 is 1.20 bits per heavy atom. The number of aromatic nitrogens is 2. The molecule has 3 rings (SSSR count). The summed E-state index contributed by atoms with van der Waals surface area (Å²) in [5, 5.41) is 5.39. The number of rotatable bonds is 3. The molecule has 0 unspecified atom stereocenters. The van der Waals surface area contributed by atoms with Crippen molar-refractivity contribution in [3.8, 4) is 0 Å². The van der Waals surface area contributed by atoms with E-state index in [-0.39, 0.29) is 5.69 Å². The Kier molecular flexibility index (Phi) is 4.80. The van der Waals surface area contributed by atoms with E-state index in [0.717, 1.165) is 12.6 Å². The van der Waals surface area contributed by atoms with E-state index in [0.29, 0.717) is 26.2 Å². The molecule has 1 aliphatic rings. The maximum Gasteiger partial charge on any atom is 0.432 e. The van der Waals surface area contributed by atoms with Crippen LogP contribution in [0.5, 0.6) is 0 Å². The van der Waals surface area contributed by atoms with Gasteiger partial charge in [-0.2, -0.15) is 18.3 Å². The van der Waals surface area contributed by atoms with Crippen LogP contribution in [0, 0.1) is 6.92 Å². The van der Waals surface area contributed by atoms with E-state index in [9.17, 15) is 18.0 Å². The van der Waals surface area contributed by atoms with E-state index < -0.39 is 17.8 Å². The first-order chi connectivity index (χ1) is 11.8. The number of carbonyl (C=O) groups is 1. The number of amides is 1. The highest BCUT2D eigenvalue weighted by molar-refractivity contribution is 5.92. The summed E-state index contributed by atoms with van der Waals surface area (Å²) in [6.07, 6.45) is -4.53. The van der Waals surface area contributed by atoms with Crippen molar-refractivity contribution in [2.45, 2.75) is 19.6 Å². The average Bonchev–Trinajstić information content (AvgIpc) is 3.07. The maximum absolute atomic E-state index is 12.6. The summed E-state index contributed by atoms with van der Waals surface area (Å²) >= 11 is 0. The van der Waals surface area contributed by atoms with Crippen molar-refractivity contribution in [3.63, 3.8) is 0 Å². The minimum atomic E-state index is -4.53. The lowest BCUT2D eigenvalue weighted by Gasteiger charge is -2.34. The number of halogens is 3. The first-order valence-electron chi connectivity index (χ1n) is 8.03. The Morgan fingerprint density at radius 2 is 1.88 bits per heavy atom. The molecule has 1 aromatic heterocycles. The van der Waals surface area contributed by atoms with Crippen molar-refractivity contribution in [1.82, 2.24) is 20.0 Å². The largest absolute Gasteiger partial charge is 0.432 e. The predicted octanol–water partition coefficient (Wildman–Crippen LogP) is 2.69. The lowest BCUT2D eigenvalue weighted by molar-refractivity contribution is -0.141. The molecule has 0 saturated carbocycles. The van der Waals surface area contributed by atoms with Crippen LogP contribution in [0.4, 0.5) is 13.2 Å². The van der Waals surface area contributed by atoms with E-state index in [2.05, 4.69) is 29.1 Å². The Balaban J connectivity index is 1.58. The zero-order chi connectivity index (χ0) is 18.0. The molecule has 0 bridgehead atoms. The molecule has 1 fully saturated rings. The second-order valence-corrected chi connectivity index (χ2v) is 6.16. The number of nitrogens with one attached hydrogen (secondary N) is 1. The number of carbonyl (C=O) groups excluding carboxylic acids is 1. The second kappa shape index (κ2) is 6.87. The molecule has 1 saturated heterocycles. The molecule has 0 spiro atoms. The molecular formula is C17H19F3N4O. The van der Waals surface area contributed by atoms with Gasteiger partial charge in [-0.05, 0) is 18.1 Å². The van der Waals surface area contributed by atoms with Crippen molar-refractivity contribution in [3.05, 3.63) is 52.8 Å². The second-order valence-electron chi connectivity index (χ2n) is 6.16. The number of piperazine rings is 1. The molecule has 1 aliphatic heterocycles. The van der Waals surface area contributed by atoms with Gasteiger partial charge in [0.25, 0.3) is 5.91 Å². The third-order valence-electron chi connectivity index (χ3n) is 4.42. The highest BCUT2D eigenvalue weighted by atomic mass is 19.4. The van der Waals surface area contributed by atoms with Crippen molar-refractivity contribution in [1.29, 1.82) is 0 Å². The summed E-state index contributed by atoms with van der Waals surface area (Å²) in [5.74, 6) is -0.470. The summed E-state index contributed by atoms with van der Waals surface area (Å²) < 4.78 is 37.8. The number of benzene rings is 1. The normalized spacial score (nSPS) is 16.2. The lowest BCUT2D eigenvalue weighted by atomic mass is 10.1. The lowest BCUT2D eigenvalue weighted by Crippen LogP contribution is -2.48. The zero-order valence-electron chi connectivity index (χ0n) is 13.8. The third kappa shape index (κ3) is 4.01. The maximum atomic E-state index is 12.6. The first kappa shape index (κ1) is 17.5. The summed E-state index contributed by atoms with van der Waals surface area (Å²) in [4.78, 5) is 16.1. The number of nitrogens with zero attached hydrogens (tertiary/aromatic N) is 3. The van der Waals surface area contributed by atoms with Gasteiger partial charge in [-0.3, -0.25) is 14.8 Å². The van der Waals surface area contributed by atoms with Crippen molar-refractivity contribution in [2.75, 3.05) is 26.2 Å². The van der Waals surface area contributed by atoms with Gasteiger partial charge in [0.2, 0.25) is 0 Å². The average molecular weight is 352 g/mol. The van der Waals surface area contributed by atoms with Crippen LogP contribution < -0.4 is 0 Å². The fourth-order valence-corrected chi connectivity index (χ4v) is 2.88. The van der Waals surface area contributed by atoms with Crippen LogP contribution in [0.1, 0.15) is 27.3 Å². The van der Waals surface area contributed by atoms with Gasteiger partial charge in [0.1, 0.15) is 5.69 Å². The van der Waals surface area contributed by atoms with E-state index in [1.807, 2.05) is 17.2 Å². The number of hydrogen-bond acceptors (Lipinski definition) is 3. The van der Waals surface area contributed by atoms with Crippen LogP contribution >= 0.6 is 0 Å². The van der Waals surface area contributed by atoms with Gasteiger partial charge in [-0.1, -0.05) is 24.3 Å². The quantitative estimate of drug-likeness (QED) is 0.924. The number of aromatic amines is 1. The first-order valence-corrected chi connectivity index (χ1v) is 8.03. The van der Waals surface area contributed by atoms with Gasteiger partial charge in [0.15, 0.2) is 5.69 Å². The van der Waals surface area contributed by atoms with Gasteiger partial charge in [-0.25, -0.2) is 0 Å². The van der Waals surface area contributed by atoms with Gasteiger partial charge in [-0.15, -0.1) is 0 Å². The van der Waals surface area contributed by atoms with E-state index >= 15 is 0 Å². The minimum Gasteiger partial charge on any atom is -0.335 e. The van der Waals surface area contributed by atoms with Gasteiger partial charge < -0.3 is 4.90 Å². The monoisotopic (exact) mass is 352 g/mol. The Morgan fingerprint density at radius 3 is 2.48 bits per heavy atom. The molecule has 5 nitrogen and oxygen atoms in total. The molecule has 0 atom stereocenters. The van der Waals surface area contributed by atoms with E-state index in [1.165, 1.54) is 11.1 Å². The van der Waals surface area contributed by atoms with Crippen LogP contribution in [0.25, 0.3) is 0 Å². The van der Waals surface area contributed by atoms with Crippen LogP contribution in [-0.4, -0.2) is 52.1 Å². The highest BCUT2D eigenvalue weighted by Gasteiger charge is 2.34. The summed E-state index contributed by atoms with van der Waals surface area (Å²) in [7, 11) is 0. The summed E-state index contributed by atoms with van der Waals surface area (Å²) in [5.41, 5.74) is 1.26. The third-order valence-corrected chi connectivity index (χ3v) is 4.42. The molecule has 2 aromatic rings. The Labute approximate surface area is 143 Å². The summed E-state index contributed by atoms with van der Waals surface area (Å²) in [6.45, 7) is 5.16. The van der Waals surface area contributed by atoms with Gasteiger partial charge in [0, 0.05) is 38.8 Å². The van der Waals surface area contributed by atoms with E-state index in [4.69, 9.17) is 0 Å². The fraction of sp³-hybridized carbons (Fsp3) is 0.412. The molecule has 2 heterocycles. The Bertz CT molecular complexity index is 748. The number of hydrogen-bond donors (Lipinski definition) is 1. The standard InChI is InChI=1S/C17H19F3N4O/c1-12-4-2-3-5-13(12)11-23-6-8-24(9-7-23)16(25)14-10-15(22-21-14)17(18,19)20/h2-5,10H,6-9,11H2,1H3,(H,21,22). The molecule has 1 N–H and O–H groups in total. The molecule has 0 radical (unpaired) electrons. The number of alkyl halides is 3. The zero-order valence-corrected chi connectivity index (χ0v) is 13.8. The number of H-pyrrole nitrogens is 1. The van der Waals surface area contributed by atoms with E-state index in [1.54, 1.807) is 4.90 Å². The van der Waals surface area contributed by atoms with Gasteiger partial charge in [0.05, 0.1) is 0 Å². The van der Waals surface area contributed by atoms with Crippen molar-refractivity contribution in [2.24, 2.45) is 0 Å². The smallest absolute Gasteiger partial charge is 0.335 e. The molecule has 8 heteroatoms. The van der Waals surface area contributed by atoms with Crippen LogP contribution in [0.2, 0.25) is 0 Å². The molecular weight excluding hydrogens is 333 g/mol. The molecule has 1 amide bonds. The summed E-state index contributed by atoms with van der Waals surface area (Å²) in [6, 6.07) is 8.90.